The van der Waals surface area contributed by atoms with Gasteiger partial charge in [0.05, 0.1) is 41.0 Å². The van der Waals surface area contributed by atoms with Crippen molar-refractivity contribution in [2.45, 2.75) is 6.54 Å². The third-order valence-electron chi connectivity index (χ3n) is 4.06. The molecule has 0 saturated heterocycles. The minimum atomic E-state index is -0.948. The molecular formula is C17H15N5O6. The number of fused-ring (bicyclic) bond motifs is 1. The fourth-order valence-electron chi connectivity index (χ4n) is 2.77. The van der Waals surface area contributed by atoms with Crippen LogP contribution >= 0.6 is 0 Å². The third kappa shape index (κ3) is 3.40. The number of hydrogen-bond donors (Lipinski definition) is 3. The van der Waals surface area contributed by atoms with E-state index >= 15 is 0 Å². The lowest BCUT2D eigenvalue weighted by Crippen LogP contribution is -2.32. The molecule has 2 aromatic carbocycles. The fraction of sp³-hybridized carbons (Fsp3) is 0.118. The topological polar surface area (TPSA) is 164 Å². The number of nitrogens with two attached hydrogens (primary N) is 1. The number of aromatic nitrogens is 2. The molecule has 1 amide bonds. The second kappa shape index (κ2) is 7.23. The zero-order chi connectivity index (χ0) is 20.4. The number of methoxy groups -OCH3 is 1. The molecule has 0 saturated carbocycles. The van der Waals surface area contributed by atoms with Gasteiger partial charge in [-0.2, -0.15) is 0 Å². The minimum absolute atomic E-state index is 0.0552. The van der Waals surface area contributed by atoms with E-state index in [9.17, 15) is 24.5 Å². The zero-order valence-corrected chi connectivity index (χ0v) is 14.6. The van der Waals surface area contributed by atoms with Gasteiger partial charge in [0.1, 0.15) is 0 Å². The predicted molar refractivity (Wildman–Crippen MR) is 101 cm³/mol. The highest BCUT2D eigenvalue weighted by Gasteiger charge is 2.22. The Kier molecular flexibility index (Phi) is 4.81. The van der Waals surface area contributed by atoms with Crippen molar-refractivity contribution in [2.24, 2.45) is 0 Å². The van der Waals surface area contributed by atoms with E-state index in [1.807, 2.05) is 0 Å². The molecule has 0 atom stereocenters. The Morgan fingerprint density at radius 3 is 2.54 bits per heavy atom. The summed E-state index contributed by atoms with van der Waals surface area (Å²) < 4.78 is 4.79. The van der Waals surface area contributed by atoms with Gasteiger partial charge in [-0.1, -0.05) is 12.1 Å². The number of nitrogens with zero attached hydrogens (tertiary/aromatic N) is 2. The number of carbonyl (C=O) groups excluding carboxylic acids is 1. The Morgan fingerprint density at radius 1 is 1.21 bits per heavy atom. The Bertz CT molecular complexity index is 1200. The van der Waals surface area contributed by atoms with Crippen molar-refractivity contribution in [3.63, 3.8) is 0 Å². The molecule has 11 heteroatoms. The van der Waals surface area contributed by atoms with Gasteiger partial charge < -0.3 is 20.4 Å². The number of nitro benzene ring substituents is 1. The Balaban J connectivity index is 2.22. The highest BCUT2D eigenvalue weighted by atomic mass is 16.6. The van der Waals surface area contributed by atoms with Crippen LogP contribution in [-0.2, 0) is 11.3 Å². The molecule has 1 heterocycles. The smallest absolute Gasteiger partial charge is 0.414 e. The summed E-state index contributed by atoms with van der Waals surface area (Å²) in [5.41, 5.74) is 4.77. The lowest BCUT2D eigenvalue weighted by molar-refractivity contribution is -0.384. The molecule has 0 unspecified atom stereocenters. The van der Waals surface area contributed by atoms with E-state index in [1.165, 1.54) is 13.2 Å². The minimum Gasteiger partial charge on any atom is -0.452 e. The maximum absolute atomic E-state index is 12.3. The molecule has 1 aromatic heterocycles. The van der Waals surface area contributed by atoms with Gasteiger partial charge in [-0.3, -0.25) is 24.6 Å². The number of para-hydroxylation sites is 2. The maximum Gasteiger partial charge on any atom is 0.414 e. The second-order valence-corrected chi connectivity index (χ2v) is 5.81. The number of amides is 1. The van der Waals surface area contributed by atoms with Crippen molar-refractivity contribution in [3.8, 4) is 0 Å². The monoisotopic (exact) mass is 385 g/mol. The summed E-state index contributed by atoms with van der Waals surface area (Å²) in [5.74, 6) is 0. The van der Waals surface area contributed by atoms with Gasteiger partial charge in [-0.15, -0.1) is 0 Å². The maximum atomic E-state index is 12.3. The van der Waals surface area contributed by atoms with Crippen LogP contribution in [-0.4, -0.2) is 28.1 Å². The van der Waals surface area contributed by atoms with Gasteiger partial charge in [0, 0.05) is 17.7 Å². The van der Waals surface area contributed by atoms with Crippen LogP contribution in [0, 0.1) is 10.1 Å². The number of nitrogens with one attached hydrogen (secondary N) is 2. The first kappa shape index (κ1) is 18.6. The van der Waals surface area contributed by atoms with E-state index in [-0.39, 0.29) is 34.5 Å². The third-order valence-corrected chi connectivity index (χ3v) is 4.06. The summed E-state index contributed by atoms with van der Waals surface area (Å²) >= 11 is 0. The number of anilines is 2. The van der Waals surface area contributed by atoms with Crippen LogP contribution in [0.3, 0.4) is 0 Å². The lowest BCUT2D eigenvalue weighted by atomic mass is 10.1. The van der Waals surface area contributed by atoms with E-state index in [0.29, 0.717) is 5.69 Å². The number of hydrogen-bond acceptors (Lipinski definition) is 7. The van der Waals surface area contributed by atoms with Crippen LogP contribution in [0.4, 0.5) is 21.9 Å². The number of nitro groups is 1. The van der Waals surface area contributed by atoms with Crippen LogP contribution in [0.2, 0.25) is 0 Å². The predicted octanol–water partition coefficient (Wildman–Crippen LogP) is 1.48. The summed E-state index contributed by atoms with van der Waals surface area (Å²) in [7, 11) is 1.18. The van der Waals surface area contributed by atoms with Crippen molar-refractivity contribution >= 4 is 34.2 Å². The first-order chi connectivity index (χ1) is 13.3. The summed E-state index contributed by atoms with van der Waals surface area (Å²) in [6, 6.07) is 8.82. The van der Waals surface area contributed by atoms with Crippen molar-refractivity contribution in [1.82, 2.24) is 9.97 Å². The number of ether oxygens (including phenoxy) is 1. The van der Waals surface area contributed by atoms with Crippen LogP contribution < -0.4 is 21.8 Å². The molecule has 144 valence electrons. The molecule has 11 nitrogen and oxygen atoms in total. The van der Waals surface area contributed by atoms with Gasteiger partial charge in [0.2, 0.25) is 0 Å². The first-order valence-electron chi connectivity index (χ1n) is 7.95. The standard InChI is InChI=1S/C17H15N5O6/c1-28-17(25)21(13-5-3-2-4-11(13)18)8-9-6-10(22(26)27)7-12-14(9)20-16(24)15(23)19-12/h2-7H,8,18H2,1H3,(H,19,23)(H,20,24). The molecule has 0 spiro atoms. The molecular weight excluding hydrogens is 370 g/mol. The van der Waals surface area contributed by atoms with Crippen LogP contribution in [0.5, 0.6) is 0 Å². The van der Waals surface area contributed by atoms with Gasteiger partial charge in [0.15, 0.2) is 0 Å². The number of carbonyl (C=O) groups is 1. The van der Waals surface area contributed by atoms with E-state index in [1.54, 1.807) is 24.3 Å². The highest BCUT2D eigenvalue weighted by molar-refractivity contribution is 5.92. The highest BCUT2D eigenvalue weighted by Crippen LogP contribution is 2.28. The molecule has 4 N–H and O–H groups in total. The van der Waals surface area contributed by atoms with E-state index in [4.69, 9.17) is 10.5 Å². The van der Waals surface area contributed by atoms with Crippen molar-refractivity contribution < 1.29 is 14.5 Å². The zero-order valence-electron chi connectivity index (χ0n) is 14.6. The number of non-ortho nitro benzene ring substituents is 1. The Morgan fingerprint density at radius 2 is 1.89 bits per heavy atom. The lowest BCUT2D eigenvalue weighted by Gasteiger charge is -2.23. The normalized spacial score (nSPS) is 10.6. The van der Waals surface area contributed by atoms with Gasteiger partial charge in [0.25, 0.3) is 5.69 Å². The molecule has 3 rings (SSSR count). The number of nitrogen functional groups attached to an aromatic ring is 1. The average Bonchev–Trinajstić information content (AvgIpc) is 2.67. The van der Waals surface area contributed by atoms with Crippen LogP contribution in [0.15, 0.2) is 46.0 Å². The largest absolute Gasteiger partial charge is 0.452 e. The number of aromatic amines is 2. The van der Waals surface area contributed by atoms with Crippen molar-refractivity contribution in [1.29, 1.82) is 0 Å². The molecule has 3 aromatic rings. The molecule has 0 aliphatic carbocycles. The van der Waals surface area contributed by atoms with E-state index in [2.05, 4.69) is 9.97 Å². The van der Waals surface area contributed by atoms with Crippen molar-refractivity contribution in [3.05, 3.63) is 72.8 Å². The summed E-state index contributed by atoms with van der Waals surface area (Å²) in [4.78, 5) is 52.1. The van der Waals surface area contributed by atoms with Gasteiger partial charge >= 0.3 is 17.2 Å². The second-order valence-electron chi connectivity index (χ2n) is 5.81. The number of benzene rings is 2. The molecule has 0 bridgehead atoms. The van der Waals surface area contributed by atoms with Gasteiger partial charge in [-0.05, 0) is 12.1 Å². The summed E-state index contributed by atoms with van der Waals surface area (Å²) in [5, 5.41) is 11.3. The quantitative estimate of drug-likeness (QED) is 0.265. The van der Waals surface area contributed by atoms with E-state index < -0.39 is 22.1 Å². The number of rotatable bonds is 4. The molecule has 0 aliphatic heterocycles. The summed E-state index contributed by atoms with van der Waals surface area (Å²) in [6.07, 6.45) is -0.760. The van der Waals surface area contributed by atoms with Crippen LogP contribution in [0.25, 0.3) is 11.0 Å². The molecule has 0 radical (unpaired) electrons. The van der Waals surface area contributed by atoms with Crippen LogP contribution in [0.1, 0.15) is 5.56 Å². The Hall–Kier alpha value is -4.15. The Labute approximate surface area is 156 Å². The molecule has 28 heavy (non-hydrogen) atoms. The number of H-pyrrole nitrogens is 2. The summed E-state index contributed by atoms with van der Waals surface area (Å²) in [6.45, 7) is -0.207. The SMILES string of the molecule is COC(=O)N(Cc1cc([N+](=O)[O-])cc2[nH]c(=O)c(=O)[nH]c12)c1ccccc1N. The fourth-order valence-corrected chi connectivity index (χ4v) is 2.77. The average molecular weight is 385 g/mol. The van der Waals surface area contributed by atoms with Gasteiger partial charge in [-0.25, -0.2) is 4.79 Å². The first-order valence-corrected chi connectivity index (χ1v) is 7.95. The van der Waals surface area contributed by atoms with E-state index in [0.717, 1.165) is 11.0 Å². The molecule has 0 fully saturated rings. The molecule has 0 aliphatic rings. The van der Waals surface area contributed by atoms with Crippen molar-refractivity contribution in [2.75, 3.05) is 17.7 Å².